The van der Waals surface area contributed by atoms with Crippen LogP contribution in [0.15, 0.2) is 20.5 Å². The molecule has 11 heteroatoms. The van der Waals surface area contributed by atoms with Gasteiger partial charge in [0.1, 0.15) is 11.4 Å². The summed E-state index contributed by atoms with van der Waals surface area (Å²) >= 11 is 2.93. The van der Waals surface area contributed by atoms with Crippen LogP contribution in [0.3, 0.4) is 0 Å². The zero-order valence-electron chi connectivity index (χ0n) is 13.0. The first-order valence-electron chi connectivity index (χ1n) is 7.58. The molecule has 1 aliphatic heterocycles. The summed E-state index contributed by atoms with van der Waals surface area (Å²) in [5.41, 5.74) is 9.86. The van der Waals surface area contributed by atoms with E-state index in [0.29, 0.717) is 18.9 Å². The van der Waals surface area contributed by atoms with Crippen molar-refractivity contribution in [2.45, 2.75) is 37.8 Å². The Morgan fingerprint density at radius 2 is 1.92 bits per heavy atom. The van der Waals surface area contributed by atoms with E-state index in [2.05, 4.69) is 25.9 Å². The summed E-state index contributed by atoms with van der Waals surface area (Å²) in [7, 11) is 0. The average Bonchev–Trinajstić information content (AvgIpc) is 2.54. The molecule has 1 aromatic rings. The number of hydrogen-bond donors (Lipinski definition) is 2. The number of hydrogen-bond acceptors (Lipinski definition) is 7. The third kappa shape index (κ3) is 2.81. The minimum Gasteiger partial charge on any atom is -0.369 e. The quantitative estimate of drug-likeness (QED) is 0.435. The lowest BCUT2D eigenvalue weighted by Gasteiger charge is -2.45. The fraction of sp³-hybridized carbons (Fsp3) is 0.429. The molecular weight excluding hydrogens is 402 g/mol. The number of benzene rings is 1. The molecule has 0 aromatic heterocycles. The molecule has 134 valence electrons. The number of guanidine groups is 2. The van der Waals surface area contributed by atoms with Crippen LogP contribution in [0.1, 0.15) is 32.1 Å². The fourth-order valence-corrected chi connectivity index (χ4v) is 3.94. The van der Waals surface area contributed by atoms with Gasteiger partial charge in [-0.05, 0) is 41.6 Å². The minimum atomic E-state index is -1.34. The monoisotopic (exact) mass is 416 g/mol. The zero-order chi connectivity index (χ0) is 18.4. The van der Waals surface area contributed by atoms with Gasteiger partial charge in [0.2, 0.25) is 11.9 Å². The van der Waals surface area contributed by atoms with E-state index in [9.17, 15) is 18.9 Å². The number of aliphatic imine (C=N–C) groups is 2. The van der Waals surface area contributed by atoms with Gasteiger partial charge < -0.3 is 11.5 Å². The summed E-state index contributed by atoms with van der Waals surface area (Å²) in [5, 5.41) is 11.5. The van der Waals surface area contributed by atoms with Gasteiger partial charge in [-0.15, -0.1) is 0 Å². The van der Waals surface area contributed by atoms with E-state index in [0.717, 1.165) is 19.3 Å². The first-order chi connectivity index (χ1) is 11.8. The van der Waals surface area contributed by atoms with E-state index in [1.54, 1.807) is 0 Å². The van der Waals surface area contributed by atoms with Crippen molar-refractivity contribution in [3.8, 4) is 0 Å². The van der Waals surface area contributed by atoms with Gasteiger partial charge in [0.15, 0.2) is 11.6 Å². The van der Waals surface area contributed by atoms with Crippen molar-refractivity contribution in [3.05, 3.63) is 32.3 Å². The van der Waals surface area contributed by atoms with Gasteiger partial charge >= 0.3 is 0 Å². The molecule has 1 heterocycles. The summed E-state index contributed by atoms with van der Waals surface area (Å²) in [6.45, 7) is 0. The summed E-state index contributed by atoms with van der Waals surface area (Å²) < 4.78 is 27.4. The van der Waals surface area contributed by atoms with Crippen molar-refractivity contribution in [3.63, 3.8) is 0 Å². The number of nitrogens with zero attached hydrogens (tertiary/aromatic N) is 4. The van der Waals surface area contributed by atoms with E-state index in [1.165, 1.54) is 4.90 Å². The van der Waals surface area contributed by atoms with Gasteiger partial charge in [0, 0.05) is 0 Å². The number of nitro benzene ring substituents is 1. The van der Waals surface area contributed by atoms with Crippen LogP contribution < -0.4 is 16.4 Å². The summed E-state index contributed by atoms with van der Waals surface area (Å²) in [6.07, 6.45) is 3.55. The van der Waals surface area contributed by atoms with Gasteiger partial charge in [-0.2, -0.15) is 4.99 Å². The Kier molecular flexibility index (Phi) is 4.35. The molecule has 0 saturated heterocycles. The number of anilines is 1. The lowest BCUT2D eigenvalue weighted by atomic mass is 9.87. The SMILES string of the molecule is NC1=NC2(CCCCC2)N(c2c([N+](=O)[O-])cc(F)c(F)c2Br)C(N)=N1. The van der Waals surface area contributed by atoms with Crippen LogP contribution in [0.5, 0.6) is 0 Å². The van der Waals surface area contributed by atoms with Gasteiger partial charge in [-0.1, -0.05) is 6.42 Å². The second-order valence-electron chi connectivity index (χ2n) is 5.93. The van der Waals surface area contributed by atoms with Crippen molar-refractivity contribution in [1.82, 2.24) is 0 Å². The molecule has 1 aromatic carbocycles. The second kappa shape index (κ2) is 6.21. The van der Waals surface area contributed by atoms with Crippen molar-refractivity contribution >= 4 is 39.2 Å². The summed E-state index contributed by atoms with van der Waals surface area (Å²) in [4.78, 5) is 20.2. The van der Waals surface area contributed by atoms with E-state index in [-0.39, 0.29) is 17.6 Å². The molecule has 0 amide bonds. The van der Waals surface area contributed by atoms with Gasteiger partial charge in [0.25, 0.3) is 5.69 Å². The van der Waals surface area contributed by atoms with Gasteiger partial charge in [0.05, 0.1) is 15.5 Å². The molecule has 0 unspecified atom stereocenters. The van der Waals surface area contributed by atoms with Crippen LogP contribution in [0.2, 0.25) is 0 Å². The lowest BCUT2D eigenvalue weighted by Crippen LogP contribution is -2.58. The van der Waals surface area contributed by atoms with E-state index in [1.807, 2.05) is 0 Å². The van der Waals surface area contributed by atoms with Crippen LogP contribution >= 0.6 is 15.9 Å². The minimum absolute atomic E-state index is 0.0444. The molecule has 0 bridgehead atoms. The molecule has 8 nitrogen and oxygen atoms in total. The van der Waals surface area contributed by atoms with Crippen molar-refractivity contribution < 1.29 is 13.7 Å². The Balaban J connectivity index is 2.28. The van der Waals surface area contributed by atoms with Gasteiger partial charge in [-0.3, -0.25) is 15.0 Å². The highest BCUT2D eigenvalue weighted by molar-refractivity contribution is 9.10. The highest BCUT2D eigenvalue weighted by atomic mass is 79.9. The average molecular weight is 417 g/mol. The van der Waals surface area contributed by atoms with Crippen molar-refractivity contribution in [1.29, 1.82) is 0 Å². The van der Waals surface area contributed by atoms with E-state index < -0.39 is 32.4 Å². The zero-order valence-corrected chi connectivity index (χ0v) is 14.6. The molecule has 1 spiro atoms. The van der Waals surface area contributed by atoms with Crippen molar-refractivity contribution in [2.75, 3.05) is 4.90 Å². The maximum atomic E-state index is 14.1. The molecule has 4 N–H and O–H groups in total. The Hall–Kier alpha value is -2.30. The Labute approximate surface area is 149 Å². The Morgan fingerprint density at radius 1 is 1.28 bits per heavy atom. The van der Waals surface area contributed by atoms with Crippen LogP contribution in [0, 0.1) is 21.7 Å². The molecule has 2 aliphatic rings. The maximum Gasteiger partial charge on any atom is 0.297 e. The van der Waals surface area contributed by atoms with E-state index >= 15 is 0 Å². The van der Waals surface area contributed by atoms with Crippen LogP contribution in [-0.4, -0.2) is 22.5 Å². The molecule has 3 rings (SSSR count). The van der Waals surface area contributed by atoms with Crippen LogP contribution in [-0.2, 0) is 0 Å². The smallest absolute Gasteiger partial charge is 0.297 e. The standard InChI is InChI=1S/C14H15BrF2N6O2/c15-9-10(17)7(16)6-8(23(24)25)11(9)22-13(19)20-12(18)21-14(22)4-2-1-3-5-14/h6H,1-5H2,(H4,18,19,20,21). The third-order valence-electron chi connectivity index (χ3n) is 4.39. The Bertz CT molecular complexity index is 807. The number of rotatable bonds is 2. The van der Waals surface area contributed by atoms with Crippen LogP contribution in [0.4, 0.5) is 20.2 Å². The predicted molar refractivity (Wildman–Crippen MR) is 92.3 cm³/mol. The molecule has 1 fully saturated rings. The predicted octanol–water partition coefficient (Wildman–Crippen LogP) is 2.75. The van der Waals surface area contributed by atoms with Gasteiger partial charge in [-0.25, -0.2) is 13.8 Å². The summed E-state index contributed by atoms with van der Waals surface area (Å²) in [5.74, 6) is -2.78. The lowest BCUT2D eigenvalue weighted by molar-refractivity contribution is -0.384. The normalized spacial score (nSPS) is 19.6. The molecule has 25 heavy (non-hydrogen) atoms. The second-order valence-corrected chi connectivity index (χ2v) is 6.72. The molecule has 1 aliphatic carbocycles. The Morgan fingerprint density at radius 3 is 2.52 bits per heavy atom. The molecule has 1 saturated carbocycles. The number of nitro groups is 1. The third-order valence-corrected chi connectivity index (χ3v) is 5.11. The van der Waals surface area contributed by atoms with Crippen molar-refractivity contribution in [2.24, 2.45) is 21.5 Å². The number of halogens is 3. The first-order valence-corrected chi connectivity index (χ1v) is 8.38. The largest absolute Gasteiger partial charge is 0.369 e. The summed E-state index contributed by atoms with van der Waals surface area (Å²) in [6, 6.07) is 0.529. The molecular formula is C14H15BrF2N6O2. The molecule has 0 radical (unpaired) electrons. The highest BCUT2D eigenvalue weighted by Gasteiger charge is 2.46. The van der Waals surface area contributed by atoms with E-state index in [4.69, 9.17) is 11.5 Å². The highest BCUT2D eigenvalue weighted by Crippen LogP contribution is 2.46. The first kappa shape index (κ1) is 17.5. The fourth-order valence-electron chi connectivity index (χ4n) is 3.37. The maximum absolute atomic E-state index is 14.1. The number of nitrogens with two attached hydrogens (primary N) is 2. The topological polar surface area (TPSA) is 123 Å². The van der Waals surface area contributed by atoms with Crippen LogP contribution in [0.25, 0.3) is 0 Å². The molecule has 0 atom stereocenters.